The summed E-state index contributed by atoms with van der Waals surface area (Å²) < 4.78 is 0. The van der Waals surface area contributed by atoms with E-state index in [2.05, 4.69) is 6.07 Å². The molecule has 0 radical (unpaired) electrons. The zero-order valence-corrected chi connectivity index (χ0v) is 21.2. The van der Waals surface area contributed by atoms with Crippen molar-refractivity contribution in [2.75, 3.05) is 16.3 Å². The fraction of sp³-hybridized carbons (Fsp3) is 0.182. The van der Waals surface area contributed by atoms with Crippen LogP contribution in [0.4, 0.5) is 11.4 Å². The molecule has 0 saturated carbocycles. The molecule has 0 fully saturated rings. The van der Waals surface area contributed by atoms with Gasteiger partial charge in [0, 0.05) is 29.9 Å². The molecule has 0 spiro atoms. The molecule has 1 heterocycles. The maximum atomic E-state index is 13.8. The summed E-state index contributed by atoms with van der Waals surface area (Å²) in [6.45, 7) is 1.15. The van der Waals surface area contributed by atoms with Gasteiger partial charge in [-0.05, 0) is 78.4 Å². The zero-order valence-electron chi connectivity index (χ0n) is 21.2. The lowest BCUT2D eigenvalue weighted by atomic mass is 9.97. The van der Waals surface area contributed by atoms with Gasteiger partial charge in [-0.1, -0.05) is 60.7 Å². The normalized spacial score (nSPS) is 12.3. The number of fused-ring (bicyclic) bond motifs is 1. The molecule has 188 valence electrons. The summed E-state index contributed by atoms with van der Waals surface area (Å²) in [5.41, 5.74) is 6.10. The molecule has 0 aromatic heterocycles. The first-order valence-electron chi connectivity index (χ1n) is 13.0. The van der Waals surface area contributed by atoms with Crippen molar-refractivity contribution in [3.8, 4) is 6.07 Å². The van der Waals surface area contributed by atoms with E-state index >= 15 is 0 Å². The van der Waals surface area contributed by atoms with Crippen LogP contribution in [0.3, 0.4) is 0 Å². The molecule has 38 heavy (non-hydrogen) atoms. The molecule has 0 aliphatic carbocycles. The summed E-state index contributed by atoms with van der Waals surface area (Å²) in [5.74, 6) is 0.0106. The van der Waals surface area contributed by atoms with Crippen molar-refractivity contribution in [2.45, 2.75) is 32.2 Å². The number of nitriles is 1. The molecule has 0 N–H and O–H groups in total. The van der Waals surface area contributed by atoms with Crippen LogP contribution in [0.5, 0.6) is 0 Å². The number of anilines is 2. The molecule has 1 aliphatic heterocycles. The third-order valence-corrected chi connectivity index (χ3v) is 6.95. The Bertz CT molecular complexity index is 1460. The van der Waals surface area contributed by atoms with Crippen molar-refractivity contribution in [3.63, 3.8) is 0 Å². The van der Waals surface area contributed by atoms with Crippen LogP contribution >= 0.6 is 0 Å². The molecule has 4 aromatic rings. The van der Waals surface area contributed by atoms with Crippen molar-refractivity contribution in [2.24, 2.45) is 0 Å². The SMILES string of the molecule is N#Cc1ccc(CCC(=O)N2CCCc3cc(C(=O)N(Cc4ccccc4)c4ccccc4)ccc32)cc1. The third kappa shape index (κ3) is 5.66. The minimum Gasteiger partial charge on any atom is -0.312 e. The van der Waals surface area contributed by atoms with Gasteiger partial charge in [0.15, 0.2) is 0 Å². The van der Waals surface area contributed by atoms with Crippen molar-refractivity contribution in [1.29, 1.82) is 5.26 Å². The molecule has 5 rings (SSSR count). The zero-order chi connectivity index (χ0) is 26.3. The van der Waals surface area contributed by atoms with Crippen LogP contribution < -0.4 is 9.80 Å². The average molecular weight is 500 g/mol. The summed E-state index contributed by atoms with van der Waals surface area (Å²) in [4.78, 5) is 30.6. The minimum absolute atomic E-state index is 0.0629. The predicted molar refractivity (Wildman–Crippen MR) is 150 cm³/mol. The molecular formula is C33H29N3O2. The van der Waals surface area contributed by atoms with Crippen LogP contribution in [-0.4, -0.2) is 18.4 Å². The number of para-hydroxylation sites is 1. The summed E-state index contributed by atoms with van der Waals surface area (Å²) >= 11 is 0. The Hall–Kier alpha value is -4.69. The lowest BCUT2D eigenvalue weighted by Crippen LogP contribution is -2.36. The monoisotopic (exact) mass is 499 g/mol. The fourth-order valence-corrected chi connectivity index (χ4v) is 4.93. The van der Waals surface area contributed by atoms with Crippen LogP contribution in [0.2, 0.25) is 0 Å². The van der Waals surface area contributed by atoms with Crippen molar-refractivity contribution < 1.29 is 9.59 Å². The lowest BCUT2D eigenvalue weighted by molar-refractivity contribution is -0.118. The van der Waals surface area contributed by atoms with Crippen molar-refractivity contribution >= 4 is 23.2 Å². The van der Waals surface area contributed by atoms with Crippen LogP contribution in [0.15, 0.2) is 103 Å². The van der Waals surface area contributed by atoms with E-state index in [1.165, 1.54) is 0 Å². The number of carbonyl (C=O) groups is 2. The van der Waals surface area contributed by atoms with Gasteiger partial charge in [0.05, 0.1) is 18.2 Å². The Kier molecular flexibility index (Phi) is 7.61. The Morgan fingerprint density at radius 2 is 1.55 bits per heavy atom. The van der Waals surface area contributed by atoms with Crippen LogP contribution in [0, 0.1) is 11.3 Å². The Morgan fingerprint density at radius 3 is 2.26 bits per heavy atom. The highest BCUT2D eigenvalue weighted by Gasteiger charge is 2.25. The average Bonchev–Trinajstić information content (AvgIpc) is 2.99. The largest absolute Gasteiger partial charge is 0.312 e. The van der Waals surface area contributed by atoms with E-state index in [1.54, 1.807) is 17.0 Å². The van der Waals surface area contributed by atoms with Gasteiger partial charge < -0.3 is 9.80 Å². The molecule has 0 bridgehead atoms. The van der Waals surface area contributed by atoms with Crippen LogP contribution in [-0.2, 0) is 24.2 Å². The van der Waals surface area contributed by atoms with Gasteiger partial charge in [-0.25, -0.2) is 0 Å². The summed E-state index contributed by atoms with van der Waals surface area (Å²) in [7, 11) is 0. The molecule has 0 atom stereocenters. The number of amides is 2. The summed E-state index contributed by atoms with van der Waals surface area (Å²) in [6, 6.07) is 34.9. The van der Waals surface area contributed by atoms with E-state index in [0.717, 1.165) is 40.9 Å². The van der Waals surface area contributed by atoms with Crippen molar-refractivity contribution in [3.05, 3.63) is 131 Å². The fourth-order valence-electron chi connectivity index (χ4n) is 4.93. The molecule has 0 saturated heterocycles. The molecular weight excluding hydrogens is 470 g/mol. The van der Waals surface area contributed by atoms with Gasteiger partial charge in [0.25, 0.3) is 5.91 Å². The number of rotatable bonds is 7. The standard InChI is InChI=1S/C33H29N3O2/c34-23-26-15-13-25(14-16-26)17-20-32(37)35-21-7-10-28-22-29(18-19-31(28)35)33(38)36(30-11-5-2-6-12-30)24-27-8-3-1-4-9-27/h1-6,8-9,11-16,18-19,22H,7,10,17,20-21,24H2. The number of hydrogen-bond donors (Lipinski definition) is 0. The lowest BCUT2D eigenvalue weighted by Gasteiger charge is -2.30. The van der Waals surface area contributed by atoms with Gasteiger partial charge in [0.1, 0.15) is 0 Å². The maximum absolute atomic E-state index is 13.8. The maximum Gasteiger partial charge on any atom is 0.258 e. The predicted octanol–water partition coefficient (Wildman–Crippen LogP) is 6.32. The molecule has 4 aromatic carbocycles. The van der Waals surface area contributed by atoms with Crippen LogP contribution in [0.1, 0.15) is 45.5 Å². The van der Waals surface area contributed by atoms with E-state index in [1.807, 2.05) is 95.9 Å². The van der Waals surface area contributed by atoms with Gasteiger partial charge in [0.2, 0.25) is 5.91 Å². The first kappa shape index (κ1) is 25.0. The van der Waals surface area contributed by atoms with Gasteiger partial charge in [-0.15, -0.1) is 0 Å². The first-order chi connectivity index (χ1) is 18.6. The second-order valence-corrected chi connectivity index (χ2v) is 9.51. The van der Waals surface area contributed by atoms with Gasteiger partial charge in [-0.3, -0.25) is 9.59 Å². The summed E-state index contributed by atoms with van der Waals surface area (Å²) in [6.07, 6.45) is 2.71. The van der Waals surface area contributed by atoms with E-state index in [9.17, 15) is 9.59 Å². The third-order valence-electron chi connectivity index (χ3n) is 6.95. The quantitative estimate of drug-likeness (QED) is 0.299. The molecule has 0 unspecified atom stereocenters. The van der Waals surface area contributed by atoms with E-state index < -0.39 is 0 Å². The smallest absolute Gasteiger partial charge is 0.258 e. The number of carbonyl (C=O) groups excluding carboxylic acids is 2. The molecule has 5 nitrogen and oxygen atoms in total. The summed E-state index contributed by atoms with van der Waals surface area (Å²) in [5, 5.41) is 8.98. The van der Waals surface area contributed by atoms with Crippen molar-refractivity contribution in [1.82, 2.24) is 0 Å². The number of benzene rings is 4. The first-order valence-corrected chi connectivity index (χ1v) is 13.0. The van der Waals surface area contributed by atoms with Gasteiger partial charge in [-0.2, -0.15) is 5.26 Å². The van der Waals surface area contributed by atoms with E-state index in [0.29, 0.717) is 37.1 Å². The highest BCUT2D eigenvalue weighted by atomic mass is 16.2. The molecule has 1 aliphatic rings. The number of hydrogen-bond acceptors (Lipinski definition) is 3. The second kappa shape index (κ2) is 11.6. The van der Waals surface area contributed by atoms with Gasteiger partial charge >= 0.3 is 0 Å². The Balaban J connectivity index is 1.34. The highest BCUT2D eigenvalue weighted by Crippen LogP contribution is 2.30. The second-order valence-electron chi connectivity index (χ2n) is 9.51. The number of nitrogens with zero attached hydrogens (tertiary/aromatic N) is 3. The van der Waals surface area contributed by atoms with E-state index in [4.69, 9.17) is 5.26 Å². The van der Waals surface area contributed by atoms with Crippen LogP contribution in [0.25, 0.3) is 0 Å². The molecule has 5 heteroatoms. The number of aryl methyl sites for hydroxylation is 2. The molecule has 2 amide bonds. The Morgan fingerprint density at radius 1 is 0.842 bits per heavy atom. The minimum atomic E-state index is -0.0629. The Labute approximate surface area is 223 Å². The van der Waals surface area contributed by atoms with E-state index in [-0.39, 0.29) is 11.8 Å². The topological polar surface area (TPSA) is 64.4 Å². The highest BCUT2D eigenvalue weighted by molar-refractivity contribution is 6.06.